The first-order valence-corrected chi connectivity index (χ1v) is 11.7. The number of hydrogen-bond donors (Lipinski definition) is 1. The third-order valence-corrected chi connectivity index (χ3v) is 7.28. The summed E-state index contributed by atoms with van der Waals surface area (Å²) in [6.45, 7) is 1.17. The Hall–Kier alpha value is -2.92. The van der Waals surface area contributed by atoms with Crippen molar-refractivity contribution in [1.82, 2.24) is 9.62 Å². The summed E-state index contributed by atoms with van der Waals surface area (Å²) in [6, 6.07) is 6.92. The molecule has 1 fully saturated rings. The lowest BCUT2D eigenvalue weighted by atomic mass is 9.98. The fourth-order valence-corrected chi connectivity index (χ4v) is 4.85. The Balaban J connectivity index is 1.45. The number of aryl methyl sites for hydroxylation is 1. The molecule has 11 heteroatoms. The van der Waals surface area contributed by atoms with Crippen LogP contribution in [0.25, 0.3) is 0 Å². The van der Waals surface area contributed by atoms with Crippen LogP contribution in [0.4, 0.5) is 13.2 Å². The van der Waals surface area contributed by atoms with Crippen LogP contribution in [-0.2, 0) is 30.9 Å². The summed E-state index contributed by atoms with van der Waals surface area (Å²) in [5.41, 5.74) is 1.05. The molecule has 0 aliphatic carbocycles. The molecule has 2 aromatic rings. The number of ether oxygens (including phenoxy) is 1. The van der Waals surface area contributed by atoms with Gasteiger partial charge in [0.1, 0.15) is 5.82 Å². The first kappa shape index (κ1) is 24.7. The molecule has 33 heavy (non-hydrogen) atoms. The minimum absolute atomic E-state index is 0.00766. The van der Waals surface area contributed by atoms with Crippen molar-refractivity contribution in [3.05, 3.63) is 65.0 Å². The molecule has 0 bridgehead atoms. The number of esters is 1. The van der Waals surface area contributed by atoms with Gasteiger partial charge in [-0.25, -0.2) is 21.6 Å². The number of sulfonamides is 1. The molecule has 1 saturated heterocycles. The fraction of sp³-hybridized carbons (Fsp3) is 0.364. The highest BCUT2D eigenvalue weighted by Gasteiger charge is 2.33. The molecular weight excluding hydrogens is 461 g/mol. The SMILES string of the molecule is Cc1ccc(CNC(=O)COC(=O)C2CCN(S(=O)(=O)c3ccc(F)c(F)c3)CC2)cc1F. The summed E-state index contributed by atoms with van der Waals surface area (Å²) in [7, 11) is -4.03. The van der Waals surface area contributed by atoms with Crippen LogP contribution in [-0.4, -0.2) is 44.3 Å². The zero-order valence-electron chi connectivity index (χ0n) is 17.8. The maximum absolute atomic E-state index is 13.5. The van der Waals surface area contributed by atoms with Gasteiger partial charge in [-0.05, 0) is 55.2 Å². The Bertz CT molecular complexity index is 1150. The van der Waals surface area contributed by atoms with Gasteiger partial charge in [-0.1, -0.05) is 12.1 Å². The molecule has 0 radical (unpaired) electrons. The molecule has 2 aromatic carbocycles. The Kier molecular flexibility index (Phi) is 7.75. The maximum Gasteiger partial charge on any atom is 0.309 e. The standard InChI is InChI=1S/C22H23F3N2O5S/c1-14-2-3-15(10-19(14)24)12-26-21(28)13-32-22(29)16-6-8-27(9-7-16)33(30,31)17-4-5-18(23)20(25)11-17/h2-5,10-11,16H,6-9,12-13H2,1H3,(H,26,28). The molecule has 1 aliphatic heterocycles. The minimum atomic E-state index is -4.03. The summed E-state index contributed by atoms with van der Waals surface area (Å²) in [5.74, 6) is -4.57. The van der Waals surface area contributed by atoms with Gasteiger partial charge in [-0.2, -0.15) is 4.31 Å². The minimum Gasteiger partial charge on any atom is -0.455 e. The Labute approximate surface area is 189 Å². The van der Waals surface area contributed by atoms with Crippen molar-refractivity contribution in [3.8, 4) is 0 Å². The maximum atomic E-state index is 13.5. The molecule has 1 amide bonds. The molecule has 1 N–H and O–H groups in total. The van der Waals surface area contributed by atoms with E-state index < -0.39 is 46.1 Å². The van der Waals surface area contributed by atoms with E-state index in [1.54, 1.807) is 19.1 Å². The molecular formula is C22H23F3N2O5S. The summed E-state index contributed by atoms with van der Waals surface area (Å²) < 4.78 is 71.4. The molecule has 0 saturated carbocycles. The van der Waals surface area contributed by atoms with Gasteiger partial charge in [0.05, 0.1) is 10.8 Å². The first-order valence-electron chi connectivity index (χ1n) is 10.2. The van der Waals surface area contributed by atoms with Gasteiger partial charge in [0, 0.05) is 19.6 Å². The van der Waals surface area contributed by atoms with Gasteiger partial charge in [0.2, 0.25) is 10.0 Å². The fourth-order valence-electron chi connectivity index (χ4n) is 3.37. The monoisotopic (exact) mass is 484 g/mol. The van der Waals surface area contributed by atoms with Crippen LogP contribution in [0, 0.1) is 30.3 Å². The zero-order valence-corrected chi connectivity index (χ0v) is 18.6. The molecule has 1 heterocycles. The highest BCUT2D eigenvalue weighted by Crippen LogP contribution is 2.25. The molecule has 1 aliphatic rings. The number of carbonyl (C=O) groups excluding carboxylic acids is 2. The molecule has 3 rings (SSSR count). The van der Waals surface area contributed by atoms with E-state index in [9.17, 15) is 31.2 Å². The van der Waals surface area contributed by atoms with Crippen LogP contribution in [0.3, 0.4) is 0 Å². The zero-order chi connectivity index (χ0) is 24.2. The Morgan fingerprint density at radius 1 is 1.03 bits per heavy atom. The highest BCUT2D eigenvalue weighted by molar-refractivity contribution is 7.89. The smallest absolute Gasteiger partial charge is 0.309 e. The second kappa shape index (κ2) is 10.3. The van der Waals surface area contributed by atoms with E-state index in [4.69, 9.17) is 4.74 Å². The average molecular weight is 484 g/mol. The molecule has 0 aromatic heterocycles. The van der Waals surface area contributed by atoms with Gasteiger partial charge >= 0.3 is 5.97 Å². The summed E-state index contributed by atoms with van der Waals surface area (Å²) in [6.07, 6.45) is 0.317. The van der Waals surface area contributed by atoms with E-state index in [2.05, 4.69) is 5.32 Å². The molecule has 0 unspecified atom stereocenters. The van der Waals surface area contributed by atoms with Crippen molar-refractivity contribution in [1.29, 1.82) is 0 Å². The lowest BCUT2D eigenvalue weighted by Crippen LogP contribution is -2.41. The summed E-state index contributed by atoms with van der Waals surface area (Å²) in [5, 5.41) is 2.53. The third kappa shape index (κ3) is 6.11. The van der Waals surface area contributed by atoms with Crippen molar-refractivity contribution in [2.45, 2.75) is 31.2 Å². The lowest BCUT2D eigenvalue weighted by molar-refractivity contribution is -0.153. The molecule has 0 atom stereocenters. The van der Waals surface area contributed by atoms with E-state index in [1.165, 1.54) is 6.07 Å². The van der Waals surface area contributed by atoms with E-state index >= 15 is 0 Å². The quantitative estimate of drug-likeness (QED) is 0.610. The van der Waals surface area contributed by atoms with Crippen LogP contribution in [0.5, 0.6) is 0 Å². The van der Waals surface area contributed by atoms with E-state index in [0.717, 1.165) is 16.4 Å². The predicted molar refractivity (Wildman–Crippen MR) is 112 cm³/mol. The largest absolute Gasteiger partial charge is 0.455 e. The third-order valence-electron chi connectivity index (χ3n) is 5.39. The van der Waals surface area contributed by atoms with Crippen LogP contribution in [0.2, 0.25) is 0 Å². The second-order valence-electron chi connectivity index (χ2n) is 7.72. The molecule has 178 valence electrons. The highest BCUT2D eigenvalue weighted by atomic mass is 32.2. The number of piperidine rings is 1. The first-order chi connectivity index (χ1) is 15.6. The van der Waals surface area contributed by atoms with Gasteiger partial charge in [0.25, 0.3) is 5.91 Å². The number of hydrogen-bond acceptors (Lipinski definition) is 5. The number of benzene rings is 2. The number of nitrogens with one attached hydrogen (secondary N) is 1. The van der Waals surface area contributed by atoms with Gasteiger partial charge in [-0.15, -0.1) is 0 Å². The Morgan fingerprint density at radius 2 is 1.73 bits per heavy atom. The summed E-state index contributed by atoms with van der Waals surface area (Å²) in [4.78, 5) is 23.8. The number of halogens is 3. The van der Waals surface area contributed by atoms with Gasteiger partial charge in [0.15, 0.2) is 18.2 Å². The van der Waals surface area contributed by atoms with E-state index in [1.807, 2.05) is 0 Å². The van der Waals surface area contributed by atoms with Gasteiger partial charge < -0.3 is 10.1 Å². The molecule has 7 nitrogen and oxygen atoms in total. The average Bonchev–Trinajstić information content (AvgIpc) is 2.80. The topological polar surface area (TPSA) is 92.8 Å². The predicted octanol–water partition coefficient (Wildman–Crippen LogP) is 2.67. The van der Waals surface area contributed by atoms with Crippen molar-refractivity contribution >= 4 is 21.9 Å². The van der Waals surface area contributed by atoms with Gasteiger partial charge in [-0.3, -0.25) is 9.59 Å². The number of rotatable bonds is 7. The van der Waals surface area contributed by atoms with Crippen LogP contribution < -0.4 is 5.32 Å². The normalized spacial score (nSPS) is 15.3. The lowest BCUT2D eigenvalue weighted by Gasteiger charge is -2.30. The molecule has 0 spiro atoms. The van der Waals surface area contributed by atoms with E-state index in [-0.39, 0.29) is 43.2 Å². The van der Waals surface area contributed by atoms with Crippen LogP contribution >= 0.6 is 0 Å². The Morgan fingerprint density at radius 3 is 2.36 bits per heavy atom. The van der Waals surface area contributed by atoms with Crippen molar-refractivity contribution in [3.63, 3.8) is 0 Å². The van der Waals surface area contributed by atoms with Crippen molar-refractivity contribution in [2.24, 2.45) is 5.92 Å². The summed E-state index contributed by atoms with van der Waals surface area (Å²) >= 11 is 0. The number of amides is 1. The number of carbonyl (C=O) groups is 2. The van der Waals surface area contributed by atoms with E-state index in [0.29, 0.717) is 17.2 Å². The second-order valence-corrected chi connectivity index (χ2v) is 9.66. The van der Waals surface area contributed by atoms with Crippen molar-refractivity contribution < 1.29 is 35.9 Å². The van der Waals surface area contributed by atoms with Crippen LogP contribution in [0.1, 0.15) is 24.0 Å². The van der Waals surface area contributed by atoms with Crippen LogP contribution in [0.15, 0.2) is 41.3 Å². The van der Waals surface area contributed by atoms with Crippen molar-refractivity contribution in [2.75, 3.05) is 19.7 Å². The number of nitrogens with zero attached hydrogens (tertiary/aromatic N) is 1.